The molecular formula is C23H28N2O5S. The molecule has 31 heavy (non-hydrogen) atoms. The monoisotopic (exact) mass is 444 g/mol. The van der Waals surface area contributed by atoms with Gasteiger partial charge >= 0.3 is 6.09 Å². The quantitative estimate of drug-likeness (QED) is 0.741. The topological polar surface area (TPSA) is 84.9 Å². The zero-order valence-electron chi connectivity index (χ0n) is 17.6. The zero-order chi connectivity index (χ0) is 21.8. The van der Waals surface area contributed by atoms with Crippen LogP contribution in [0.3, 0.4) is 0 Å². The third kappa shape index (κ3) is 5.64. The minimum atomic E-state index is -3.41. The second-order valence-electron chi connectivity index (χ2n) is 8.21. The summed E-state index contributed by atoms with van der Waals surface area (Å²) in [5.74, 6) is 0. The van der Waals surface area contributed by atoms with E-state index in [-0.39, 0.29) is 18.2 Å². The lowest BCUT2D eigenvalue weighted by molar-refractivity contribution is -0.108. The number of carbonyl (C=O) groups is 1. The van der Waals surface area contributed by atoms with E-state index in [2.05, 4.69) is 29.0 Å². The first-order valence-electron chi connectivity index (χ1n) is 10.6. The molecule has 0 aliphatic carbocycles. The number of benzene rings is 2. The number of piperidine rings is 1. The first kappa shape index (κ1) is 21.8. The van der Waals surface area contributed by atoms with E-state index in [1.807, 2.05) is 30.3 Å². The van der Waals surface area contributed by atoms with Crippen molar-refractivity contribution in [2.45, 2.75) is 37.5 Å². The molecule has 0 unspecified atom stereocenters. The van der Waals surface area contributed by atoms with Gasteiger partial charge in [0, 0.05) is 12.6 Å². The first-order chi connectivity index (χ1) is 14.9. The average Bonchev–Trinajstić information content (AvgIpc) is 2.71. The molecule has 0 bridgehead atoms. The number of nitrogens with zero attached hydrogens (tertiary/aromatic N) is 1. The molecule has 2 aromatic rings. The molecule has 4 rings (SSSR count). The number of ether oxygens (including phenoxy) is 2. The normalized spacial score (nSPS) is 22.0. The van der Waals surface area contributed by atoms with Crippen LogP contribution in [-0.2, 0) is 25.9 Å². The van der Waals surface area contributed by atoms with E-state index >= 15 is 0 Å². The minimum Gasteiger partial charge on any atom is -0.441 e. The van der Waals surface area contributed by atoms with Crippen LogP contribution in [0.2, 0.25) is 0 Å². The summed E-state index contributed by atoms with van der Waals surface area (Å²) in [7, 11) is -3.41. The average molecular weight is 445 g/mol. The van der Waals surface area contributed by atoms with Crippen LogP contribution in [0.25, 0.3) is 11.1 Å². The van der Waals surface area contributed by atoms with Gasteiger partial charge in [-0.05, 0) is 36.0 Å². The summed E-state index contributed by atoms with van der Waals surface area (Å²) >= 11 is 0. The van der Waals surface area contributed by atoms with Gasteiger partial charge in [-0.1, -0.05) is 54.6 Å². The molecule has 166 valence electrons. The van der Waals surface area contributed by atoms with Gasteiger partial charge < -0.3 is 14.4 Å². The van der Waals surface area contributed by atoms with Crippen LogP contribution in [0.5, 0.6) is 0 Å². The van der Waals surface area contributed by atoms with Crippen molar-refractivity contribution in [3.8, 4) is 11.1 Å². The van der Waals surface area contributed by atoms with Crippen molar-refractivity contribution < 1.29 is 22.7 Å². The number of likely N-dealkylation sites (tertiary alicyclic amines) is 1. The molecule has 2 atom stereocenters. The summed E-state index contributed by atoms with van der Waals surface area (Å²) in [4.78, 5) is 14.6. The van der Waals surface area contributed by atoms with Gasteiger partial charge in [0.2, 0.25) is 10.0 Å². The fourth-order valence-electron chi connectivity index (χ4n) is 4.19. The highest BCUT2D eigenvalue weighted by atomic mass is 32.2. The van der Waals surface area contributed by atoms with E-state index in [4.69, 9.17) is 9.47 Å². The summed E-state index contributed by atoms with van der Waals surface area (Å²) < 4.78 is 37.4. The molecule has 2 fully saturated rings. The van der Waals surface area contributed by atoms with E-state index in [1.165, 1.54) is 0 Å². The molecule has 0 spiro atoms. The number of sulfonamides is 1. The molecule has 1 amide bonds. The lowest BCUT2D eigenvalue weighted by Gasteiger charge is -2.41. The maximum Gasteiger partial charge on any atom is 0.410 e. The van der Waals surface area contributed by atoms with Crippen LogP contribution in [-0.4, -0.2) is 63.6 Å². The van der Waals surface area contributed by atoms with Crippen molar-refractivity contribution in [1.29, 1.82) is 0 Å². The second kappa shape index (κ2) is 9.38. The summed E-state index contributed by atoms with van der Waals surface area (Å²) in [6.45, 7) is 1.36. The van der Waals surface area contributed by atoms with E-state index in [1.54, 1.807) is 4.90 Å². The van der Waals surface area contributed by atoms with E-state index in [0.29, 0.717) is 39.0 Å². The molecule has 7 nitrogen and oxygen atoms in total. The maximum absolute atomic E-state index is 12.9. The summed E-state index contributed by atoms with van der Waals surface area (Å²) in [5.41, 5.74) is 3.24. The number of hydrogen-bond donors (Lipinski definition) is 1. The molecule has 2 aliphatic rings. The highest BCUT2D eigenvalue weighted by Gasteiger charge is 2.38. The van der Waals surface area contributed by atoms with Crippen molar-refractivity contribution in [3.63, 3.8) is 0 Å². The molecule has 8 heteroatoms. The Labute approximate surface area is 183 Å². The van der Waals surface area contributed by atoms with Gasteiger partial charge in [-0.2, -0.15) is 0 Å². The fourth-order valence-corrected chi connectivity index (χ4v) is 5.02. The Morgan fingerprint density at radius 2 is 1.87 bits per heavy atom. The SMILES string of the molecule is CS(=O)(=O)N[C@@H]1CCCN(C(=O)OC2COC2)[C@@H]1Cc1cccc(-c2ccccc2)c1. The van der Waals surface area contributed by atoms with E-state index in [0.717, 1.165) is 22.9 Å². The second-order valence-corrected chi connectivity index (χ2v) is 9.99. The van der Waals surface area contributed by atoms with Crippen molar-refractivity contribution in [1.82, 2.24) is 9.62 Å². The Hall–Kier alpha value is -2.42. The molecule has 2 aromatic carbocycles. The maximum atomic E-state index is 12.9. The van der Waals surface area contributed by atoms with Crippen molar-refractivity contribution in [2.75, 3.05) is 26.0 Å². The number of nitrogens with one attached hydrogen (secondary N) is 1. The summed E-state index contributed by atoms with van der Waals surface area (Å²) in [5, 5.41) is 0. The predicted molar refractivity (Wildman–Crippen MR) is 118 cm³/mol. The fraction of sp³-hybridized carbons (Fsp3) is 0.435. The standard InChI is InChI=1S/C23H28N2O5S/c1-31(27,28)24-21-11-6-12-25(23(26)30-20-15-29-16-20)22(21)14-17-7-5-10-19(13-17)18-8-3-2-4-9-18/h2-5,7-10,13,20-22,24H,6,11-12,14-16H2,1H3/t21-,22-/m1/s1. The zero-order valence-corrected chi connectivity index (χ0v) is 18.4. The Morgan fingerprint density at radius 1 is 1.13 bits per heavy atom. The molecule has 0 radical (unpaired) electrons. The van der Waals surface area contributed by atoms with Crippen LogP contribution >= 0.6 is 0 Å². The lowest BCUT2D eigenvalue weighted by Crippen LogP contribution is -2.58. The van der Waals surface area contributed by atoms with Crippen LogP contribution in [0.15, 0.2) is 54.6 Å². The van der Waals surface area contributed by atoms with Crippen molar-refractivity contribution in [2.24, 2.45) is 0 Å². The van der Waals surface area contributed by atoms with Crippen molar-refractivity contribution in [3.05, 3.63) is 60.2 Å². The molecular weight excluding hydrogens is 416 g/mol. The van der Waals surface area contributed by atoms with Crippen LogP contribution in [0.1, 0.15) is 18.4 Å². The van der Waals surface area contributed by atoms with Gasteiger partial charge in [-0.15, -0.1) is 0 Å². The van der Waals surface area contributed by atoms with Gasteiger partial charge in [-0.25, -0.2) is 17.9 Å². The number of hydrogen-bond acceptors (Lipinski definition) is 5. The lowest BCUT2D eigenvalue weighted by atomic mass is 9.90. The number of rotatable bonds is 6. The largest absolute Gasteiger partial charge is 0.441 e. The van der Waals surface area contributed by atoms with Gasteiger partial charge in [0.05, 0.1) is 25.5 Å². The summed E-state index contributed by atoms with van der Waals surface area (Å²) in [6.07, 6.45) is 2.44. The van der Waals surface area contributed by atoms with E-state index < -0.39 is 16.1 Å². The highest BCUT2D eigenvalue weighted by Crippen LogP contribution is 2.26. The van der Waals surface area contributed by atoms with Crippen LogP contribution in [0, 0.1) is 0 Å². The van der Waals surface area contributed by atoms with Gasteiger partial charge in [0.15, 0.2) is 6.10 Å². The third-order valence-electron chi connectivity index (χ3n) is 5.73. The van der Waals surface area contributed by atoms with Gasteiger partial charge in [-0.3, -0.25) is 0 Å². The van der Waals surface area contributed by atoms with Crippen LogP contribution < -0.4 is 4.72 Å². The summed E-state index contributed by atoms with van der Waals surface area (Å²) in [6, 6.07) is 17.5. The Bertz CT molecular complexity index is 1010. The Balaban J connectivity index is 1.58. The van der Waals surface area contributed by atoms with Crippen LogP contribution in [0.4, 0.5) is 4.79 Å². The van der Waals surface area contributed by atoms with Crippen molar-refractivity contribution >= 4 is 16.1 Å². The highest BCUT2D eigenvalue weighted by molar-refractivity contribution is 7.88. The van der Waals surface area contributed by atoms with E-state index in [9.17, 15) is 13.2 Å². The Morgan fingerprint density at radius 3 is 2.55 bits per heavy atom. The molecule has 2 saturated heterocycles. The molecule has 2 aliphatic heterocycles. The minimum absolute atomic E-state index is 0.224. The molecule has 0 aromatic heterocycles. The molecule has 2 heterocycles. The number of amides is 1. The predicted octanol–water partition coefficient (Wildman–Crippen LogP) is 2.81. The first-order valence-corrected chi connectivity index (χ1v) is 12.4. The smallest absolute Gasteiger partial charge is 0.410 e. The molecule has 1 N–H and O–H groups in total. The molecule has 0 saturated carbocycles. The number of carbonyl (C=O) groups excluding carboxylic acids is 1. The van der Waals surface area contributed by atoms with Gasteiger partial charge in [0.1, 0.15) is 0 Å². The third-order valence-corrected chi connectivity index (χ3v) is 6.46. The van der Waals surface area contributed by atoms with Gasteiger partial charge in [0.25, 0.3) is 0 Å². The Kier molecular flexibility index (Phi) is 6.60.